The number of esters is 1. The van der Waals surface area contributed by atoms with E-state index in [1.165, 1.54) is 31.3 Å². The van der Waals surface area contributed by atoms with Crippen molar-refractivity contribution in [3.63, 3.8) is 0 Å². The summed E-state index contributed by atoms with van der Waals surface area (Å²) >= 11 is 0. The Morgan fingerprint density at radius 2 is 1.70 bits per heavy atom. The van der Waals surface area contributed by atoms with E-state index in [9.17, 15) is 18.0 Å². The Morgan fingerprint density at radius 1 is 1.11 bits per heavy atom. The molecule has 2 rings (SSSR count). The Kier molecular flexibility index (Phi) is 6.54. The molecule has 0 unspecified atom stereocenters. The number of anilines is 1. The lowest BCUT2D eigenvalue weighted by atomic mass is 10.2. The first-order valence-electron chi connectivity index (χ1n) is 7.95. The minimum Gasteiger partial charge on any atom is -0.467 e. The highest BCUT2D eigenvalue weighted by molar-refractivity contribution is 7.92. The highest BCUT2D eigenvalue weighted by Crippen LogP contribution is 2.21. The number of sulfonamides is 1. The molecule has 9 heteroatoms. The lowest BCUT2D eigenvalue weighted by Gasteiger charge is -2.19. The Hall–Kier alpha value is -2.91. The third kappa shape index (κ3) is 4.63. The fraction of sp³-hybridized carbons (Fsp3) is 0.222. The number of hydrogen-bond acceptors (Lipinski definition) is 6. The number of benzene rings is 2. The van der Waals surface area contributed by atoms with Crippen molar-refractivity contribution in [3.05, 3.63) is 60.2 Å². The molecular weight excluding hydrogens is 372 g/mol. The number of aliphatic hydroxyl groups is 1. The predicted octanol–water partition coefficient (Wildman–Crippen LogP) is 0.775. The molecule has 8 nitrogen and oxygen atoms in total. The van der Waals surface area contributed by atoms with E-state index in [1.807, 2.05) is 0 Å². The van der Waals surface area contributed by atoms with Gasteiger partial charge in [0.2, 0.25) is 0 Å². The number of para-hydroxylation sites is 1. The second-order valence-corrected chi connectivity index (χ2v) is 7.53. The smallest absolute Gasteiger partial charge is 0.330 e. The zero-order valence-corrected chi connectivity index (χ0v) is 15.6. The molecule has 2 aromatic carbocycles. The number of rotatable bonds is 7. The van der Waals surface area contributed by atoms with E-state index in [4.69, 9.17) is 5.11 Å². The van der Waals surface area contributed by atoms with Crippen molar-refractivity contribution in [2.45, 2.75) is 10.9 Å². The maximum atomic E-state index is 12.7. The summed E-state index contributed by atoms with van der Waals surface area (Å²) in [4.78, 5) is 23.6. The first-order valence-corrected chi connectivity index (χ1v) is 9.39. The van der Waals surface area contributed by atoms with Crippen LogP contribution < -0.4 is 9.62 Å². The van der Waals surface area contributed by atoms with Crippen molar-refractivity contribution in [2.24, 2.45) is 0 Å². The number of nitrogens with zero attached hydrogens (tertiary/aromatic N) is 1. The number of hydrogen-bond donors (Lipinski definition) is 2. The molecule has 2 N–H and O–H groups in total. The molecule has 0 radical (unpaired) electrons. The summed E-state index contributed by atoms with van der Waals surface area (Å²) in [6, 6.07) is 12.6. The molecule has 0 bridgehead atoms. The van der Waals surface area contributed by atoms with Gasteiger partial charge in [0.1, 0.15) is 0 Å². The van der Waals surface area contributed by atoms with Gasteiger partial charge in [-0.2, -0.15) is 0 Å². The molecular formula is C18H20N2O6S. The summed E-state index contributed by atoms with van der Waals surface area (Å²) in [7, 11) is -1.22. The Bertz CT molecular complexity index is 897. The second kappa shape index (κ2) is 8.65. The summed E-state index contributed by atoms with van der Waals surface area (Å²) < 4.78 is 31.0. The highest BCUT2D eigenvalue weighted by Gasteiger charge is 2.23. The van der Waals surface area contributed by atoms with Gasteiger partial charge in [-0.3, -0.25) is 9.10 Å². The SMILES string of the molecule is COC(=O)[C@@H](CO)NC(=O)c1ccc(S(=O)(=O)N(C)c2ccccc2)cc1. The van der Waals surface area contributed by atoms with Gasteiger partial charge in [-0.15, -0.1) is 0 Å². The van der Waals surface area contributed by atoms with Crippen LogP contribution in [0.15, 0.2) is 59.5 Å². The molecule has 0 spiro atoms. The molecule has 0 aliphatic carbocycles. The predicted molar refractivity (Wildman–Crippen MR) is 98.8 cm³/mol. The van der Waals surface area contributed by atoms with Crippen LogP contribution in [0.25, 0.3) is 0 Å². The summed E-state index contributed by atoms with van der Waals surface area (Å²) in [5, 5.41) is 11.5. The van der Waals surface area contributed by atoms with Gasteiger partial charge in [0.15, 0.2) is 6.04 Å². The van der Waals surface area contributed by atoms with E-state index in [0.29, 0.717) is 5.69 Å². The molecule has 0 fully saturated rings. The quantitative estimate of drug-likeness (QED) is 0.673. The van der Waals surface area contributed by atoms with Gasteiger partial charge in [0.25, 0.3) is 15.9 Å². The second-order valence-electron chi connectivity index (χ2n) is 5.56. The molecule has 144 valence electrons. The standard InChI is InChI=1S/C18H20N2O6S/c1-20(14-6-4-3-5-7-14)27(24,25)15-10-8-13(9-11-15)17(22)19-16(12-21)18(23)26-2/h3-11,16,21H,12H2,1-2H3,(H,19,22)/t16-/m1/s1. The molecule has 1 amide bonds. The third-order valence-electron chi connectivity index (χ3n) is 3.87. The van der Waals surface area contributed by atoms with E-state index in [1.54, 1.807) is 30.3 Å². The van der Waals surface area contributed by atoms with Crippen molar-refractivity contribution >= 4 is 27.6 Å². The van der Waals surface area contributed by atoms with Crippen LogP contribution in [0.5, 0.6) is 0 Å². The molecule has 0 aromatic heterocycles. The van der Waals surface area contributed by atoms with Crippen LogP contribution in [-0.4, -0.2) is 52.2 Å². The molecule has 0 heterocycles. The first-order chi connectivity index (χ1) is 12.8. The Morgan fingerprint density at radius 3 is 2.22 bits per heavy atom. The number of nitrogens with one attached hydrogen (secondary N) is 1. The Labute approximate surface area is 157 Å². The fourth-order valence-corrected chi connectivity index (χ4v) is 3.47. The van der Waals surface area contributed by atoms with E-state index in [2.05, 4.69) is 10.1 Å². The van der Waals surface area contributed by atoms with Crippen molar-refractivity contribution in [2.75, 3.05) is 25.1 Å². The largest absolute Gasteiger partial charge is 0.467 e. The zero-order valence-electron chi connectivity index (χ0n) is 14.8. The monoisotopic (exact) mass is 392 g/mol. The van der Waals surface area contributed by atoms with Gasteiger partial charge >= 0.3 is 5.97 Å². The van der Waals surface area contributed by atoms with Gasteiger partial charge in [-0.1, -0.05) is 18.2 Å². The Balaban J connectivity index is 2.19. The minimum absolute atomic E-state index is 0.0112. The van der Waals surface area contributed by atoms with Crippen LogP contribution in [0.1, 0.15) is 10.4 Å². The number of methoxy groups -OCH3 is 1. The molecule has 0 aliphatic rings. The number of carbonyl (C=O) groups is 2. The van der Waals surface area contributed by atoms with Gasteiger partial charge < -0.3 is 15.2 Å². The van der Waals surface area contributed by atoms with Crippen LogP contribution in [0, 0.1) is 0 Å². The average molecular weight is 392 g/mol. The van der Waals surface area contributed by atoms with Crippen molar-refractivity contribution < 1.29 is 27.9 Å². The van der Waals surface area contributed by atoms with Crippen LogP contribution >= 0.6 is 0 Å². The molecule has 0 aliphatic heterocycles. The highest BCUT2D eigenvalue weighted by atomic mass is 32.2. The summed E-state index contributed by atoms with van der Waals surface area (Å²) in [5.41, 5.74) is 0.641. The molecule has 27 heavy (non-hydrogen) atoms. The maximum absolute atomic E-state index is 12.7. The van der Waals surface area contributed by atoms with Crippen LogP contribution in [0.4, 0.5) is 5.69 Å². The van der Waals surface area contributed by atoms with Crippen molar-refractivity contribution in [1.29, 1.82) is 0 Å². The number of carbonyl (C=O) groups excluding carboxylic acids is 2. The minimum atomic E-state index is -3.79. The maximum Gasteiger partial charge on any atom is 0.330 e. The van der Waals surface area contributed by atoms with Crippen molar-refractivity contribution in [3.8, 4) is 0 Å². The molecule has 0 saturated heterocycles. The first kappa shape index (κ1) is 20.4. The lowest BCUT2D eigenvalue weighted by Crippen LogP contribution is -2.44. The third-order valence-corrected chi connectivity index (χ3v) is 5.67. The van der Waals surface area contributed by atoms with Crippen LogP contribution in [-0.2, 0) is 19.6 Å². The zero-order chi connectivity index (χ0) is 20.0. The van der Waals surface area contributed by atoms with Gasteiger partial charge in [0, 0.05) is 12.6 Å². The summed E-state index contributed by atoms with van der Waals surface area (Å²) in [5.74, 6) is -1.42. The van der Waals surface area contributed by atoms with Gasteiger partial charge in [0.05, 0.1) is 24.3 Å². The number of ether oxygens (including phenoxy) is 1. The topological polar surface area (TPSA) is 113 Å². The van der Waals surface area contributed by atoms with Crippen LogP contribution in [0.3, 0.4) is 0 Å². The van der Waals surface area contributed by atoms with Crippen LogP contribution in [0.2, 0.25) is 0 Å². The summed E-state index contributed by atoms with van der Waals surface area (Å²) in [6.45, 7) is -0.618. The van der Waals surface area contributed by atoms with E-state index < -0.39 is 34.5 Å². The normalized spacial score (nSPS) is 12.1. The van der Waals surface area contributed by atoms with E-state index in [-0.39, 0.29) is 10.5 Å². The molecule has 2 aromatic rings. The number of amides is 1. The fourth-order valence-electron chi connectivity index (χ4n) is 2.28. The molecule has 1 atom stereocenters. The average Bonchev–Trinajstić information content (AvgIpc) is 2.71. The van der Waals surface area contributed by atoms with E-state index in [0.717, 1.165) is 11.4 Å². The van der Waals surface area contributed by atoms with Crippen molar-refractivity contribution in [1.82, 2.24) is 5.32 Å². The number of aliphatic hydroxyl groups excluding tert-OH is 1. The summed E-state index contributed by atoms with van der Waals surface area (Å²) in [6.07, 6.45) is 0. The molecule has 0 saturated carbocycles. The van der Waals surface area contributed by atoms with Gasteiger partial charge in [-0.05, 0) is 36.4 Å². The van der Waals surface area contributed by atoms with Gasteiger partial charge in [-0.25, -0.2) is 13.2 Å². The lowest BCUT2D eigenvalue weighted by molar-refractivity contribution is -0.143. The van der Waals surface area contributed by atoms with E-state index >= 15 is 0 Å².